The van der Waals surface area contributed by atoms with Crippen LogP contribution in [-0.2, 0) is 4.79 Å². The summed E-state index contributed by atoms with van der Waals surface area (Å²) < 4.78 is 5.04. The second kappa shape index (κ2) is 4.91. The Labute approximate surface area is 87.1 Å². The monoisotopic (exact) mass is 212 g/mol. The van der Waals surface area contributed by atoms with Crippen LogP contribution in [0.5, 0.6) is 5.75 Å². The molecule has 0 amide bonds. The van der Waals surface area contributed by atoms with Crippen LogP contribution in [0.4, 0.5) is 0 Å². The number of thioether (sulfide) groups is 1. The van der Waals surface area contributed by atoms with Gasteiger partial charge in [-0.1, -0.05) is 6.07 Å². The highest BCUT2D eigenvalue weighted by atomic mass is 32.2. The highest BCUT2D eigenvalue weighted by molar-refractivity contribution is 8.00. The van der Waals surface area contributed by atoms with Crippen molar-refractivity contribution in [3.05, 3.63) is 24.3 Å². The van der Waals surface area contributed by atoms with Crippen LogP contribution in [0.1, 0.15) is 6.92 Å². The zero-order chi connectivity index (χ0) is 10.6. The molecule has 0 radical (unpaired) electrons. The van der Waals surface area contributed by atoms with E-state index in [9.17, 15) is 4.79 Å². The third kappa shape index (κ3) is 2.96. The molecule has 0 spiro atoms. The average molecular weight is 212 g/mol. The predicted molar refractivity (Wildman–Crippen MR) is 55.9 cm³/mol. The van der Waals surface area contributed by atoms with Crippen molar-refractivity contribution in [3.8, 4) is 5.75 Å². The van der Waals surface area contributed by atoms with E-state index < -0.39 is 11.2 Å². The molecule has 0 heterocycles. The molecule has 0 saturated carbocycles. The van der Waals surface area contributed by atoms with Crippen LogP contribution in [-0.4, -0.2) is 23.4 Å². The standard InChI is InChI=1S/C10H12O3S/c1-7(10(11)12)14-9-5-3-4-8(6-9)13-2/h3-7H,1-2H3,(H,11,12). The van der Waals surface area contributed by atoms with Crippen LogP contribution in [0.15, 0.2) is 29.2 Å². The van der Waals surface area contributed by atoms with E-state index in [1.807, 2.05) is 24.3 Å². The molecule has 0 aliphatic rings. The zero-order valence-electron chi connectivity index (χ0n) is 8.06. The van der Waals surface area contributed by atoms with Crippen molar-refractivity contribution in [3.63, 3.8) is 0 Å². The number of ether oxygens (including phenoxy) is 1. The number of benzene rings is 1. The van der Waals surface area contributed by atoms with Gasteiger partial charge in [0.05, 0.1) is 7.11 Å². The summed E-state index contributed by atoms with van der Waals surface area (Å²) in [6, 6.07) is 7.36. The maximum absolute atomic E-state index is 10.6. The van der Waals surface area contributed by atoms with E-state index in [4.69, 9.17) is 9.84 Å². The predicted octanol–water partition coefficient (Wildman–Crippen LogP) is 2.26. The lowest BCUT2D eigenvalue weighted by molar-refractivity contribution is -0.136. The number of rotatable bonds is 4. The largest absolute Gasteiger partial charge is 0.497 e. The first-order chi connectivity index (χ1) is 6.63. The molecule has 4 heteroatoms. The number of hydrogen-bond acceptors (Lipinski definition) is 3. The number of aliphatic carboxylic acids is 1. The van der Waals surface area contributed by atoms with Crippen LogP contribution in [0.3, 0.4) is 0 Å². The van der Waals surface area contributed by atoms with E-state index in [1.165, 1.54) is 11.8 Å². The highest BCUT2D eigenvalue weighted by Crippen LogP contribution is 2.26. The van der Waals surface area contributed by atoms with Crippen molar-refractivity contribution in [2.24, 2.45) is 0 Å². The molecule has 14 heavy (non-hydrogen) atoms. The van der Waals surface area contributed by atoms with E-state index in [0.717, 1.165) is 10.6 Å². The van der Waals surface area contributed by atoms with Gasteiger partial charge in [0.1, 0.15) is 11.0 Å². The van der Waals surface area contributed by atoms with Crippen molar-refractivity contribution < 1.29 is 14.6 Å². The van der Waals surface area contributed by atoms with Gasteiger partial charge in [0, 0.05) is 4.90 Å². The fourth-order valence-electron chi connectivity index (χ4n) is 0.929. The Morgan fingerprint density at radius 2 is 2.29 bits per heavy atom. The molecule has 0 saturated heterocycles. The van der Waals surface area contributed by atoms with E-state index in [2.05, 4.69) is 0 Å². The third-order valence-electron chi connectivity index (χ3n) is 1.70. The molecule has 1 rings (SSSR count). The van der Waals surface area contributed by atoms with E-state index in [0.29, 0.717) is 0 Å². The first-order valence-corrected chi connectivity index (χ1v) is 5.05. The van der Waals surface area contributed by atoms with Gasteiger partial charge in [-0.15, -0.1) is 11.8 Å². The minimum atomic E-state index is -0.808. The number of hydrogen-bond donors (Lipinski definition) is 1. The summed E-state index contributed by atoms with van der Waals surface area (Å²) in [5.41, 5.74) is 0. The lowest BCUT2D eigenvalue weighted by Crippen LogP contribution is -2.10. The molecule has 76 valence electrons. The summed E-state index contributed by atoms with van der Waals surface area (Å²) in [5, 5.41) is 8.28. The lowest BCUT2D eigenvalue weighted by Gasteiger charge is -2.06. The second-order valence-electron chi connectivity index (χ2n) is 2.78. The second-order valence-corrected chi connectivity index (χ2v) is 4.19. The van der Waals surface area contributed by atoms with Crippen LogP contribution < -0.4 is 4.74 Å². The number of carboxylic acid groups (broad SMARTS) is 1. The topological polar surface area (TPSA) is 46.5 Å². The van der Waals surface area contributed by atoms with Gasteiger partial charge in [-0.2, -0.15) is 0 Å². The summed E-state index contributed by atoms with van der Waals surface area (Å²) in [4.78, 5) is 11.5. The van der Waals surface area contributed by atoms with Crippen LogP contribution in [0.25, 0.3) is 0 Å². The Bertz CT molecular complexity index is 325. The quantitative estimate of drug-likeness (QED) is 0.778. The van der Waals surface area contributed by atoms with Crippen molar-refractivity contribution in [2.45, 2.75) is 17.1 Å². The number of methoxy groups -OCH3 is 1. The molecule has 3 nitrogen and oxygen atoms in total. The molecular weight excluding hydrogens is 200 g/mol. The van der Waals surface area contributed by atoms with Gasteiger partial charge in [-0.05, 0) is 25.1 Å². The van der Waals surface area contributed by atoms with Gasteiger partial charge in [-0.3, -0.25) is 4.79 Å². The average Bonchev–Trinajstić information content (AvgIpc) is 2.18. The first kappa shape index (κ1) is 10.9. The van der Waals surface area contributed by atoms with Gasteiger partial charge < -0.3 is 9.84 Å². The minimum Gasteiger partial charge on any atom is -0.497 e. The molecule has 1 N–H and O–H groups in total. The van der Waals surface area contributed by atoms with Crippen molar-refractivity contribution in [2.75, 3.05) is 7.11 Å². The van der Waals surface area contributed by atoms with Gasteiger partial charge in [0.2, 0.25) is 0 Å². The Hall–Kier alpha value is -1.16. The number of carboxylic acids is 1. The molecule has 1 aromatic carbocycles. The van der Waals surface area contributed by atoms with E-state index in [-0.39, 0.29) is 0 Å². The van der Waals surface area contributed by atoms with E-state index >= 15 is 0 Å². The first-order valence-electron chi connectivity index (χ1n) is 4.17. The summed E-state index contributed by atoms with van der Waals surface area (Å²) in [6.07, 6.45) is 0. The lowest BCUT2D eigenvalue weighted by atomic mass is 10.3. The van der Waals surface area contributed by atoms with Crippen LogP contribution in [0, 0.1) is 0 Å². The maximum atomic E-state index is 10.6. The van der Waals surface area contributed by atoms with Gasteiger partial charge in [-0.25, -0.2) is 0 Å². The molecule has 0 fully saturated rings. The smallest absolute Gasteiger partial charge is 0.316 e. The van der Waals surface area contributed by atoms with Crippen LogP contribution >= 0.6 is 11.8 Å². The molecule has 1 unspecified atom stereocenters. The summed E-state index contributed by atoms with van der Waals surface area (Å²) in [7, 11) is 1.59. The summed E-state index contributed by atoms with van der Waals surface area (Å²) in [6.45, 7) is 1.66. The fourth-order valence-corrected chi connectivity index (χ4v) is 1.78. The zero-order valence-corrected chi connectivity index (χ0v) is 8.88. The molecule has 0 bridgehead atoms. The minimum absolute atomic E-state index is 0.442. The van der Waals surface area contributed by atoms with E-state index in [1.54, 1.807) is 14.0 Å². The summed E-state index contributed by atoms with van der Waals surface area (Å²) >= 11 is 1.30. The molecule has 1 atom stereocenters. The Balaban J connectivity index is 2.71. The SMILES string of the molecule is COc1cccc(SC(C)C(=O)O)c1. The molecule has 0 aromatic heterocycles. The van der Waals surface area contributed by atoms with Crippen LogP contribution in [0.2, 0.25) is 0 Å². The maximum Gasteiger partial charge on any atom is 0.316 e. The number of carbonyl (C=O) groups is 1. The van der Waals surface area contributed by atoms with Crippen molar-refractivity contribution in [1.29, 1.82) is 0 Å². The Morgan fingerprint density at radius 3 is 2.86 bits per heavy atom. The third-order valence-corrected chi connectivity index (χ3v) is 2.78. The molecule has 1 aromatic rings. The normalized spacial score (nSPS) is 12.1. The van der Waals surface area contributed by atoms with Crippen molar-refractivity contribution in [1.82, 2.24) is 0 Å². The molecule has 0 aliphatic carbocycles. The molecule has 0 aliphatic heterocycles. The summed E-state index contributed by atoms with van der Waals surface area (Å²) in [5.74, 6) is -0.0644. The highest BCUT2D eigenvalue weighted by Gasteiger charge is 2.12. The Morgan fingerprint density at radius 1 is 1.57 bits per heavy atom. The molecular formula is C10H12O3S. The van der Waals surface area contributed by atoms with Crippen molar-refractivity contribution >= 4 is 17.7 Å². The van der Waals surface area contributed by atoms with Gasteiger partial charge in [0.15, 0.2) is 0 Å². The fraction of sp³-hybridized carbons (Fsp3) is 0.300. The Kier molecular flexibility index (Phi) is 3.83. The van der Waals surface area contributed by atoms with Gasteiger partial charge >= 0.3 is 5.97 Å². The van der Waals surface area contributed by atoms with Gasteiger partial charge in [0.25, 0.3) is 0 Å².